The van der Waals surface area contributed by atoms with E-state index < -0.39 is 14.9 Å². The maximum atomic E-state index is 11.4. The van der Waals surface area contributed by atoms with Crippen LogP contribution in [0.4, 0.5) is 11.4 Å². The maximum Gasteiger partial charge on any atom is 0.293 e. The molecule has 1 N–H and O–H groups in total. The fourth-order valence-corrected chi connectivity index (χ4v) is 3.55. The third-order valence-corrected chi connectivity index (χ3v) is 5.24. The van der Waals surface area contributed by atoms with E-state index in [2.05, 4.69) is 21.2 Å². The molecule has 0 unspecified atom stereocenters. The number of piperidine rings is 1. The molecule has 1 aromatic rings. The summed E-state index contributed by atoms with van der Waals surface area (Å²) in [6.07, 6.45) is 2.45. The summed E-state index contributed by atoms with van der Waals surface area (Å²) >= 11 is 3.21. The van der Waals surface area contributed by atoms with Crippen LogP contribution in [0.2, 0.25) is 0 Å². The Hall–Kier alpha value is -1.19. The van der Waals surface area contributed by atoms with Crippen LogP contribution in [0, 0.1) is 10.1 Å². The molecule has 1 aliphatic heterocycles. The lowest BCUT2D eigenvalue weighted by Crippen LogP contribution is -2.41. The second-order valence-corrected chi connectivity index (χ2v) is 7.90. The average molecular weight is 378 g/mol. The molecule has 21 heavy (non-hydrogen) atoms. The van der Waals surface area contributed by atoms with Crippen molar-refractivity contribution in [2.75, 3.05) is 24.7 Å². The highest BCUT2D eigenvalue weighted by molar-refractivity contribution is 9.10. The van der Waals surface area contributed by atoms with Crippen molar-refractivity contribution in [1.82, 2.24) is 4.31 Å². The molecule has 0 spiro atoms. The standard InChI is InChI=1S/C12H16BrN3O4S/c1-21(19,20)15-6-4-10(5-7-15)14-11-3-2-9(13)8-12(11)16(17)18/h2-3,8,10,14H,4-7H2,1H3. The Balaban J connectivity index is 2.06. The molecule has 0 aromatic heterocycles. The Morgan fingerprint density at radius 3 is 2.52 bits per heavy atom. The highest BCUT2D eigenvalue weighted by Gasteiger charge is 2.26. The number of benzene rings is 1. The van der Waals surface area contributed by atoms with Crippen LogP contribution >= 0.6 is 15.9 Å². The van der Waals surface area contributed by atoms with Gasteiger partial charge in [0.2, 0.25) is 10.0 Å². The van der Waals surface area contributed by atoms with Gasteiger partial charge >= 0.3 is 0 Å². The van der Waals surface area contributed by atoms with Crippen LogP contribution in [0.25, 0.3) is 0 Å². The quantitative estimate of drug-likeness (QED) is 0.641. The molecule has 9 heteroatoms. The second-order valence-electron chi connectivity index (χ2n) is 5.00. The van der Waals surface area contributed by atoms with Crippen molar-refractivity contribution in [2.45, 2.75) is 18.9 Å². The lowest BCUT2D eigenvalue weighted by atomic mass is 10.1. The van der Waals surface area contributed by atoms with Crippen LogP contribution in [0.5, 0.6) is 0 Å². The molecule has 116 valence electrons. The molecule has 1 saturated heterocycles. The van der Waals surface area contributed by atoms with Gasteiger partial charge < -0.3 is 5.32 Å². The van der Waals surface area contributed by atoms with Gasteiger partial charge in [-0.25, -0.2) is 12.7 Å². The molecule has 1 aliphatic rings. The summed E-state index contributed by atoms with van der Waals surface area (Å²) in [7, 11) is -3.16. The minimum atomic E-state index is -3.16. The average Bonchev–Trinajstić information content (AvgIpc) is 2.40. The van der Waals surface area contributed by atoms with Crippen LogP contribution in [0.1, 0.15) is 12.8 Å². The topological polar surface area (TPSA) is 92.6 Å². The molecule has 0 bridgehead atoms. The normalized spacial score (nSPS) is 17.6. The van der Waals surface area contributed by atoms with Crippen molar-refractivity contribution in [3.8, 4) is 0 Å². The number of rotatable bonds is 4. The number of hydrogen-bond donors (Lipinski definition) is 1. The van der Waals surface area contributed by atoms with Crippen molar-refractivity contribution in [3.05, 3.63) is 32.8 Å². The van der Waals surface area contributed by atoms with Crippen molar-refractivity contribution >= 4 is 37.3 Å². The largest absolute Gasteiger partial charge is 0.377 e. The number of nitro groups is 1. The fraction of sp³-hybridized carbons (Fsp3) is 0.500. The molecule has 2 rings (SSSR count). The Kier molecular flexibility index (Phi) is 4.84. The van der Waals surface area contributed by atoms with Gasteiger partial charge in [-0.05, 0) is 25.0 Å². The number of nitrogens with zero attached hydrogens (tertiary/aromatic N) is 2. The van der Waals surface area contributed by atoms with E-state index in [9.17, 15) is 18.5 Å². The minimum absolute atomic E-state index is 0.00918. The monoisotopic (exact) mass is 377 g/mol. The Bertz CT molecular complexity index is 642. The van der Waals surface area contributed by atoms with Gasteiger partial charge in [0.1, 0.15) is 5.69 Å². The predicted octanol–water partition coefficient (Wildman–Crippen LogP) is 2.19. The zero-order chi connectivity index (χ0) is 15.6. The van der Waals surface area contributed by atoms with Gasteiger partial charge in [0.25, 0.3) is 5.69 Å². The fourth-order valence-electron chi connectivity index (χ4n) is 2.33. The van der Waals surface area contributed by atoms with Gasteiger partial charge in [-0.2, -0.15) is 0 Å². The molecule has 0 aliphatic carbocycles. The van der Waals surface area contributed by atoms with Crippen molar-refractivity contribution in [2.24, 2.45) is 0 Å². The molecule has 0 atom stereocenters. The van der Waals surface area contributed by atoms with Crippen LogP contribution in [0.3, 0.4) is 0 Å². The number of nitro benzene ring substituents is 1. The van der Waals surface area contributed by atoms with Crippen LogP contribution in [0.15, 0.2) is 22.7 Å². The lowest BCUT2D eigenvalue weighted by molar-refractivity contribution is -0.384. The summed E-state index contributed by atoms with van der Waals surface area (Å²) in [6.45, 7) is 0.863. The van der Waals surface area contributed by atoms with Crippen molar-refractivity contribution in [3.63, 3.8) is 0 Å². The van der Waals surface area contributed by atoms with E-state index in [1.165, 1.54) is 16.6 Å². The third-order valence-electron chi connectivity index (χ3n) is 3.44. The van der Waals surface area contributed by atoms with E-state index in [1.54, 1.807) is 12.1 Å². The molecule has 0 amide bonds. The summed E-state index contributed by atoms with van der Waals surface area (Å²) in [4.78, 5) is 10.6. The van der Waals surface area contributed by atoms with E-state index in [1.807, 2.05) is 0 Å². The van der Waals surface area contributed by atoms with E-state index in [0.717, 1.165) is 0 Å². The lowest BCUT2D eigenvalue weighted by Gasteiger charge is -2.31. The summed E-state index contributed by atoms with van der Waals surface area (Å²) in [5, 5.41) is 14.2. The van der Waals surface area contributed by atoms with E-state index >= 15 is 0 Å². The van der Waals surface area contributed by atoms with Gasteiger partial charge in [0.05, 0.1) is 11.2 Å². The number of nitrogens with one attached hydrogen (secondary N) is 1. The number of sulfonamides is 1. The highest BCUT2D eigenvalue weighted by atomic mass is 79.9. The predicted molar refractivity (Wildman–Crippen MR) is 83.9 cm³/mol. The Morgan fingerprint density at radius 2 is 2.00 bits per heavy atom. The van der Waals surface area contributed by atoms with Crippen molar-refractivity contribution < 1.29 is 13.3 Å². The number of hydrogen-bond acceptors (Lipinski definition) is 5. The molecule has 7 nitrogen and oxygen atoms in total. The van der Waals surface area contributed by atoms with E-state index in [4.69, 9.17) is 0 Å². The van der Waals surface area contributed by atoms with Gasteiger partial charge in [-0.1, -0.05) is 15.9 Å². The molecular weight excluding hydrogens is 362 g/mol. The Labute approximate surface area is 131 Å². The molecule has 0 radical (unpaired) electrons. The minimum Gasteiger partial charge on any atom is -0.377 e. The van der Waals surface area contributed by atoms with Crippen molar-refractivity contribution in [1.29, 1.82) is 0 Å². The molecule has 1 fully saturated rings. The summed E-state index contributed by atoms with van der Waals surface area (Å²) in [6, 6.07) is 4.88. The first-order valence-corrected chi connectivity index (χ1v) is 9.07. The summed E-state index contributed by atoms with van der Waals surface area (Å²) in [5.41, 5.74) is 0.468. The first-order chi connectivity index (χ1) is 9.77. The first-order valence-electron chi connectivity index (χ1n) is 6.43. The summed E-state index contributed by atoms with van der Waals surface area (Å²) in [5.74, 6) is 0. The molecule has 0 saturated carbocycles. The Morgan fingerprint density at radius 1 is 1.38 bits per heavy atom. The van der Waals surface area contributed by atoms with Gasteiger partial charge in [-0.3, -0.25) is 10.1 Å². The zero-order valence-electron chi connectivity index (χ0n) is 11.5. The molecule has 1 aromatic carbocycles. The van der Waals surface area contributed by atoms with Crippen LogP contribution in [-0.4, -0.2) is 43.0 Å². The van der Waals surface area contributed by atoms with E-state index in [0.29, 0.717) is 36.1 Å². The van der Waals surface area contributed by atoms with Crippen LogP contribution in [-0.2, 0) is 10.0 Å². The van der Waals surface area contributed by atoms with E-state index in [-0.39, 0.29) is 11.7 Å². The molecule has 1 heterocycles. The van der Waals surface area contributed by atoms with Gasteiger partial charge in [0.15, 0.2) is 0 Å². The highest BCUT2D eigenvalue weighted by Crippen LogP contribution is 2.29. The first kappa shape index (κ1) is 16.2. The summed E-state index contributed by atoms with van der Waals surface area (Å²) < 4.78 is 25.0. The number of anilines is 1. The zero-order valence-corrected chi connectivity index (χ0v) is 13.9. The second kappa shape index (κ2) is 6.29. The smallest absolute Gasteiger partial charge is 0.293 e. The van der Waals surface area contributed by atoms with Gasteiger partial charge in [-0.15, -0.1) is 0 Å². The van der Waals surface area contributed by atoms with Crippen LogP contribution < -0.4 is 5.32 Å². The SMILES string of the molecule is CS(=O)(=O)N1CCC(Nc2ccc(Br)cc2[N+](=O)[O-])CC1. The third kappa shape index (κ3) is 4.14. The maximum absolute atomic E-state index is 11.4. The van der Waals surface area contributed by atoms with Gasteiger partial charge in [0, 0.05) is 29.7 Å². The number of halogens is 1. The molecular formula is C12H16BrN3O4S.